The van der Waals surface area contributed by atoms with E-state index in [4.69, 9.17) is 4.42 Å². The number of oxazole rings is 1. The van der Waals surface area contributed by atoms with E-state index in [2.05, 4.69) is 31.1 Å². The van der Waals surface area contributed by atoms with Gasteiger partial charge in [0.05, 0.1) is 16.2 Å². The molecule has 6 heteroatoms. The summed E-state index contributed by atoms with van der Waals surface area (Å²) in [5.41, 5.74) is 1.97. The molecule has 0 aliphatic rings. The second-order valence-electron chi connectivity index (χ2n) is 3.28. The molecule has 0 saturated heterocycles. The van der Waals surface area contributed by atoms with E-state index in [0.29, 0.717) is 21.5 Å². The molecule has 3 rings (SSSR count). The van der Waals surface area contributed by atoms with Crippen LogP contribution in [0.1, 0.15) is 0 Å². The maximum Gasteiger partial charge on any atom is 0.230 e. The molecular weight excluding hydrogens is 274 g/mol. The van der Waals surface area contributed by atoms with Crippen LogP contribution in [-0.2, 0) is 0 Å². The van der Waals surface area contributed by atoms with Crippen LogP contribution in [0.2, 0.25) is 0 Å². The monoisotopic (exact) mass is 279 g/mol. The molecule has 0 aliphatic heterocycles. The van der Waals surface area contributed by atoms with E-state index in [1.165, 1.54) is 0 Å². The number of halogens is 1. The van der Waals surface area contributed by atoms with Crippen molar-refractivity contribution in [2.45, 2.75) is 0 Å². The number of nitrogens with zero attached hydrogens (tertiary/aromatic N) is 2. The van der Waals surface area contributed by atoms with E-state index >= 15 is 0 Å². The van der Waals surface area contributed by atoms with E-state index in [1.54, 1.807) is 24.5 Å². The first-order chi connectivity index (χ1) is 7.74. The zero-order valence-electron chi connectivity index (χ0n) is 7.94. The van der Waals surface area contributed by atoms with Crippen LogP contribution in [0.4, 0.5) is 0 Å². The van der Waals surface area contributed by atoms with Crippen molar-refractivity contribution in [1.29, 1.82) is 0 Å². The van der Waals surface area contributed by atoms with Crippen molar-refractivity contribution in [3.8, 4) is 17.2 Å². The molecular formula is C10H6BrN3O2. The van der Waals surface area contributed by atoms with Gasteiger partial charge in [0, 0.05) is 12.3 Å². The zero-order valence-corrected chi connectivity index (χ0v) is 9.52. The third-order valence-electron chi connectivity index (χ3n) is 2.17. The van der Waals surface area contributed by atoms with Crippen LogP contribution in [0.5, 0.6) is 5.75 Å². The van der Waals surface area contributed by atoms with E-state index in [0.717, 1.165) is 5.56 Å². The van der Waals surface area contributed by atoms with Crippen LogP contribution in [0, 0.1) is 0 Å². The summed E-state index contributed by atoms with van der Waals surface area (Å²) in [4.78, 5) is 4.26. The lowest BCUT2D eigenvalue weighted by Gasteiger charge is -1.92. The minimum absolute atomic E-state index is 0.145. The van der Waals surface area contributed by atoms with Crippen molar-refractivity contribution in [3.63, 3.8) is 0 Å². The van der Waals surface area contributed by atoms with Gasteiger partial charge in [-0.25, -0.2) is 4.98 Å². The highest BCUT2D eigenvalue weighted by Gasteiger charge is 2.12. The van der Waals surface area contributed by atoms with Gasteiger partial charge in [-0.2, -0.15) is 5.10 Å². The number of nitrogens with one attached hydrogen (secondary N) is 1. The summed E-state index contributed by atoms with van der Waals surface area (Å²) in [5, 5.41) is 15.9. The fraction of sp³-hybridized carbons (Fsp3) is 0. The predicted octanol–water partition coefficient (Wildman–Crippen LogP) is 2.69. The average molecular weight is 280 g/mol. The van der Waals surface area contributed by atoms with Gasteiger partial charge >= 0.3 is 0 Å². The molecule has 80 valence electrons. The largest absolute Gasteiger partial charge is 0.508 e. The molecule has 5 nitrogen and oxygen atoms in total. The Morgan fingerprint density at radius 1 is 1.38 bits per heavy atom. The molecule has 1 aromatic carbocycles. The summed E-state index contributed by atoms with van der Waals surface area (Å²) < 4.78 is 6.24. The highest BCUT2D eigenvalue weighted by Crippen LogP contribution is 2.32. The lowest BCUT2D eigenvalue weighted by Crippen LogP contribution is -1.72. The first-order valence-electron chi connectivity index (χ1n) is 4.52. The Balaban J connectivity index is 2.27. The van der Waals surface area contributed by atoms with Gasteiger partial charge in [0.25, 0.3) is 0 Å². The van der Waals surface area contributed by atoms with E-state index in [9.17, 15) is 5.11 Å². The van der Waals surface area contributed by atoms with Gasteiger partial charge in [-0.15, -0.1) is 0 Å². The fourth-order valence-electron chi connectivity index (χ4n) is 1.47. The molecule has 0 spiro atoms. The number of phenolic OH excluding ortho intramolecular Hbond substituents is 1. The van der Waals surface area contributed by atoms with E-state index < -0.39 is 0 Å². The first kappa shape index (κ1) is 9.41. The Kier molecular flexibility index (Phi) is 1.97. The van der Waals surface area contributed by atoms with Gasteiger partial charge in [-0.05, 0) is 22.0 Å². The Morgan fingerprint density at radius 2 is 2.25 bits per heavy atom. The second-order valence-corrected chi connectivity index (χ2v) is 4.14. The van der Waals surface area contributed by atoms with Crippen molar-refractivity contribution in [1.82, 2.24) is 15.2 Å². The Bertz CT molecular complexity index is 645. The number of aromatic amines is 1. The lowest BCUT2D eigenvalue weighted by atomic mass is 10.3. The second kappa shape index (κ2) is 3.34. The molecule has 0 fully saturated rings. The molecule has 0 unspecified atom stereocenters. The number of rotatable bonds is 1. The molecule has 0 amide bonds. The highest BCUT2D eigenvalue weighted by molar-refractivity contribution is 9.10. The average Bonchev–Trinajstić information content (AvgIpc) is 2.82. The van der Waals surface area contributed by atoms with Crippen molar-refractivity contribution in [2.75, 3.05) is 0 Å². The number of hydrogen-bond acceptors (Lipinski definition) is 4. The fourth-order valence-corrected chi connectivity index (χ4v) is 1.99. The summed E-state index contributed by atoms with van der Waals surface area (Å²) in [5.74, 6) is 0.612. The number of aromatic hydroxyl groups is 1. The van der Waals surface area contributed by atoms with E-state index in [-0.39, 0.29) is 5.75 Å². The van der Waals surface area contributed by atoms with Crippen molar-refractivity contribution in [3.05, 3.63) is 29.0 Å². The maximum atomic E-state index is 9.42. The van der Waals surface area contributed by atoms with Crippen LogP contribution >= 0.6 is 15.9 Å². The zero-order chi connectivity index (χ0) is 11.1. The Morgan fingerprint density at radius 3 is 3.00 bits per heavy atom. The Labute approximate surface area is 98.2 Å². The van der Waals surface area contributed by atoms with Crippen LogP contribution in [-0.4, -0.2) is 20.3 Å². The molecule has 2 heterocycles. The van der Waals surface area contributed by atoms with Crippen LogP contribution < -0.4 is 0 Å². The SMILES string of the molecule is Oc1cc(Br)c2oc(-c3cn[nH]c3)nc2c1. The van der Waals surface area contributed by atoms with Gasteiger partial charge in [-0.3, -0.25) is 5.10 Å². The van der Waals surface area contributed by atoms with Crippen LogP contribution in [0.25, 0.3) is 22.6 Å². The lowest BCUT2D eigenvalue weighted by molar-refractivity contribution is 0.475. The van der Waals surface area contributed by atoms with Crippen LogP contribution in [0.15, 0.2) is 33.4 Å². The molecule has 0 radical (unpaired) electrons. The number of benzene rings is 1. The standard InChI is InChI=1S/C10H6BrN3O2/c11-7-1-6(15)2-8-9(7)16-10(14-8)5-3-12-13-4-5/h1-4,15H,(H,12,13). The first-order valence-corrected chi connectivity index (χ1v) is 5.31. The normalized spacial score (nSPS) is 11.1. The number of phenols is 1. The Hall–Kier alpha value is -1.82. The minimum Gasteiger partial charge on any atom is -0.508 e. The summed E-state index contributed by atoms with van der Waals surface area (Å²) in [7, 11) is 0. The molecule has 2 N–H and O–H groups in total. The van der Waals surface area contributed by atoms with Crippen molar-refractivity contribution in [2.24, 2.45) is 0 Å². The van der Waals surface area contributed by atoms with Gasteiger partial charge in [0.1, 0.15) is 11.3 Å². The number of fused-ring (bicyclic) bond motifs is 1. The molecule has 0 atom stereocenters. The van der Waals surface area contributed by atoms with Gasteiger partial charge in [-0.1, -0.05) is 0 Å². The van der Waals surface area contributed by atoms with Crippen LogP contribution in [0.3, 0.4) is 0 Å². The summed E-state index contributed by atoms with van der Waals surface area (Å²) in [6.07, 6.45) is 3.32. The number of H-pyrrole nitrogens is 1. The van der Waals surface area contributed by atoms with Gasteiger partial charge < -0.3 is 9.52 Å². The van der Waals surface area contributed by atoms with Crippen molar-refractivity contribution >= 4 is 27.0 Å². The number of aromatic nitrogens is 3. The third kappa shape index (κ3) is 1.38. The quantitative estimate of drug-likeness (QED) is 0.718. The van der Waals surface area contributed by atoms with Gasteiger partial charge in [0.15, 0.2) is 5.58 Å². The molecule has 0 bridgehead atoms. The summed E-state index contributed by atoms with van der Waals surface area (Å²) in [6, 6.07) is 3.11. The van der Waals surface area contributed by atoms with E-state index in [1.807, 2.05) is 0 Å². The summed E-state index contributed by atoms with van der Waals surface area (Å²) in [6.45, 7) is 0. The third-order valence-corrected chi connectivity index (χ3v) is 2.76. The summed E-state index contributed by atoms with van der Waals surface area (Å²) >= 11 is 3.31. The molecule has 2 aromatic heterocycles. The topological polar surface area (TPSA) is 74.9 Å². The highest BCUT2D eigenvalue weighted by atomic mass is 79.9. The maximum absolute atomic E-state index is 9.42. The molecule has 3 aromatic rings. The smallest absolute Gasteiger partial charge is 0.230 e. The predicted molar refractivity (Wildman–Crippen MR) is 61.0 cm³/mol. The van der Waals surface area contributed by atoms with Crippen molar-refractivity contribution < 1.29 is 9.52 Å². The molecule has 0 saturated carbocycles. The minimum atomic E-state index is 0.145. The van der Waals surface area contributed by atoms with Gasteiger partial charge in [0.2, 0.25) is 5.89 Å². The molecule has 16 heavy (non-hydrogen) atoms. The number of hydrogen-bond donors (Lipinski definition) is 2. The molecule has 0 aliphatic carbocycles.